The van der Waals surface area contributed by atoms with Gasteiger partial charge < -0.3 is 10.4 Å². The summed E-state index contributed by atoms with van der Waals surface area (Å²) in [5.74, 6) is 0.149. The first kappa shape index (κ1) is 19.4. The Morgan fingerprint density at radius 1 is 1.24 bits per heavy atom. The maximum absolute atomic E-state index is 13.1. The van der Waals surface area contributed by atoms with Gasteiger partial charge in [0.25, 0.3) is 0 Å². The van der Waals surface area contributed by atoms with E-state index in [1.807, 2.05) is 16.4 Å². The SMILES string of the molecule is CSC1(c2cn([C@@H]3CC[C@@]4(C(=O)NC5CCC(CC(=O)O)CC5)C[C@@H]34)nn2)CC1. The molecule has 4 fully saturated rings. The van der Waals surface area contributed by atoms with E-state index in [9.17, 15) is 9.59 Å². The molecule has 4 aliphatic rings. The lowest BCUT2D eigenvalue weighted by Crippen LogP contribution is -2.42. The molecule has 5 rings (SSSR count). The number of thioether (sulfide) groups is 1. The van der Waals surface area contributed by atoms with Gasteiger partial charge in [0, 0.05) is 12.5 Å². The number of nitrogens with one attached hydrogen (secondary N) is 1. The summed E-state index contributed by atoms with van der Waals surface area (Å²) >= 11 is 1.87. The number of aromatic nitrogens is 3. The summed E-state index contributed by atoms with van der Waals surface area (Å²) in [7, 11) is 0. The van der Waals surface area contributed by atoms with Crippen molar-refractivity contribution in [1.29, 1.82) is 0 Å². The number of amides is 1. The number of fused-ring (bicyclic) bond motifs is 1. The highest BCUT2D eigenvalue weighted by atomic mass is 32.2. The molecular weight excluding hydrogens is 388 g/mol. The number of carbonyl (C=O) groups excluding carboxylic acids is 1. The van der Waals surface area contributed by atoms with E-state index in [0.717, 1.165) is 50.6 Å². The summed E-state index contributed by atoms with van der Waals surface area (Å²) in [5, 5.41) is 21.2. The highest BCUT2D eigenvalue weighted by Gasteiger charge is 2.67. The number of hydrogen-bond acceptors (Lipinski definition) is 5. The average Bonchev–Trinajstić information content (AvgIpc) is 3.56. The van der Waals surface area contributed by atoms with Gasteiger partial charge in [-0.2, -0.15) is 11.8 Å². The Kier molecular flexibility index (Phi) is 4.68. The molecule has 3 atom stereocenters. The number of carboxylic acid groups (broad SMARTS) is 1. The zero-order chi connectivity index (χ0) is 20.2. The molecule has 0 unspecified atom stereocenters. The Morgan fingerprint density at radius 3 is 2.62 bits per heavy atom. The van der Waals surface area contributed by atoms with Crippen molar-refractivity contribution in [1.82, 2.24) is 20.3 Å². The third-order valence-electron chi connectivity index (χ3n) is 7.99. The molecule has 7 nitrogen and oxygen atoms in total. The fourth-order valence-electron chi connectivity index (χ4n) is 5.84. The number of carboxylic acids is 1. The predicted octanol–water partition coefficient (Wildman–Crippen LogP) is 3.12. The zero-order valence-electron chi connectivity index (χ0n) is 17.0. The molecule has 0 aromatic carbocycles. The molecular formula is C21H30N4O3S. The second kappa shape index (κ2) is 7.00. The number of aliphatic carboxylic acids is 1. The van der Waals surface area contributed by atoms with Crippen LogP contribution in [0.1, 0.15) is 75.9 Å². The fourth-order valence-corrected chi connectivity index (χ4v) is 6.65. The Hall–Kier alpha value is -1.57. The lowest BCUT2D eigenvalue weighted by Gasteiger charge is -2.29. The normalized spacial score (nSPS) is 37.0. The minimum atomic E-state index is -0.712. The topological polar surface area (TPSA) is 97.1 Å². The Bertz CT molecular complexity index is 815. The van der Waals surface area contributed by atoms with Crippen LogP contribution in [0, 0.1) is 17.3 Å². The van der Waals surface area contributed by atoms with Crippen LogP contribution >= 0.6 is 11.8 Å². The van der Waals surface area contributed by atoms with Crippen molar-refractivity contribution in [3.8, 4) is 0 Å². The summed E-state index contributed by atoms with van der Waals surface area (Å²) in [4.78, 5) is 24.0. The van der Waals surface area contributed by atoms with E-state index in [4.69, 9.17) is 5.11 Å². The van der Waals surface area contributed by atoms with E-state index in [0.29, 0.717) is 12.0 Å². The zero-order valence-corrected chi connectivity index (χ0v) is 17.8. The highest BCUT2D eigenvalue weighted by molar-refractivity contribution is 7.99. The number of carbonyl (C=O) groups is 2. The highest BCUT2D eigenvalue weighted by Crippen LogP contribution is 2.68. The Morgan fingerprint density at radius 2 is 2.00 bits per heavy atom. The molecule has 1 heterocycles. The second-order valence-corrected chi connectivity index (χ2v) is 10.8. The minimum absolute atomic E-state index is 0.189. The monoisotopic (exact) mass is 418 g/mol. The van der Waals surface area contributed by atoms with Crippen LogP contribution in [0.15, 0.2) is 6.20 Å². The molecule has 8 heteroatoms. The number of nitrogens with zero attached hydrogens (tertiary/aromatic N) is 3. The third-order valence-corrected chi connectivity index (χ3v) is 9.39. The molecule has 1 amide bonds. The molecule has 29 heavy (non-hydrogen) atoms. The minimum Gasteiger partial charge on any atom is -0.481 e. The molecule has 4 aliphatic carbocycles. The van der Waals surface area contributed by atoms with E-state index >= 15 is 0 Å². The summed E-state index contributed by atoms with van der Waals surface area (Å²) in [6, 6.07) is 0.502. The van der Waals surface area contributed by atoms with Crippen molar-refractivity contribution >= 4 is 23.6 Å². The van der Waals surface area contributed by atoms with Gasteiger partial charge in [0.2, 0.25) is 5.91 Å². The maximum Gasteiger partial charge on any atom is 0.303 e. The van der Waals surface area contributed by atoms with E-state index in [1.165, 1.54) is 12.8 Å². The second-order valence-electron chi connectivity index (χ2n) is 9.64. The summed E-state index contributed by atoms with van der Waals surface area (Å²) in [6.07, 6.45) is 13.4. The third kappa shape index (κ3) is 3.37. The Labute approximate surface area is 175 Å². The fraction of sp³-hybridized carbons (Fsp3) is 0.810. The first-order chi connectivity index (χ1) is 14.0. The standard InChI is InChI=1S/C21H30N4O3S/c1-29-21(8-9-21)17-12-25(24-23-17)16-6-7-20(11-15(16)20)19(28)22-14-4-2-13(3-5-14)10-18(26)27/h12-16H,2-11H2,1H3,(H,22,28)(H,26,27)/t13?,14?,15-,16+,20+/m0/s1. The molecule has 1 aromatic rings. The van der Waals surface area contributed by atoms with Gasteiger partial charge in [-0.3, -0.25) is 9.59 Å². The first-order valence-corrected chi connectivity index (χ1v) is 12.2. The van der Waals surface area contributed by atoms with Crippen LogP contribution in [0.4, 0.5) is 0 Å². The van der Waals surface area contributed by atoms with Crippen molar-refractivity contribution in [2.45, 2.75) is 81.0 Å². The van der Waals surface area contributed by atoms with Crippen molar-refractivity contribution in [3.63, 3.8) is 0 Å². The molecule has 0 bridgehead atoms. The van der Waals surface area contributed by atoms with Crippen LogP contribution in [0.5, 0.6) is 0 Å². The van der Waals surface area contributed by atoms with Crippen molar-refractivity contribution in [2.75, 3.05) is 6.26 Å². The van der Waals surface area contributed by atoms with Gasteiger partial charge in [0.15, 0.2) is 0 Å². The van der Waals surface area contributed by atoms with Gasteiger partial charge in [-0.15, -0.1) is 5.10 Å². The lowest BCUT2D eigenvalue weighted by atomic mass is 9.84. The van der Waals surface area contributed by atoms with Crippen LogP contribution in [0.25, 0.3) is 0 Å². The lowest BCUT2D eigenvalue weighted by molar-refractivity contribution is -0.138. The Balaban J connectivity index is 1.17. The van der Waals surface area contributed by atoms with E-state index in [-0.39, 0.29) is 34.4 Å². The summed E-state index contributed by atoms with van der Waals surface area (Å²) in [6.45, 7) is 0. The molecule has 0 aliphatic heterocycles. The van der Waals surface area contributed by atoms with Gasteiger partial charge in [-0.1, -0.05) is 5.21 Å². The molecule has 0 spiro atoms. The van der Waals surface area contributed by atoms with Crippen molar-refractivity contribution in [3.05, 3.63) is 11.9 Å². The average molecular weight is 419 g/mol. The van der Waals surface area contributed by atoms with Crippen LogP contribution in [-0.2, 0) is 14.3 Å². The number of hydrogen-bond donors (Lipinski definition) is 2. The molecule has 4 saturated carbocycles. The largest absolute Gasteiger partial charge is 0.481 e. The predicted molar refractivity (Wildman–Crippen MR) is 109 cm³/mol. The van der Waals surface area contributed by atoms with Gasteiger partial charge in [-0.25, -0.2) is 4.68 Å². The molecule has 1 aromatic heterocycles. The number of rotatable bonds is 7. The van der Waals surface area contributed by atoms with Crippen molar-refractivity contribution < 1.29 is 14.7 Å². The van der Waals surface area contributed by atoms with Crippen LogP contribution in [-0.4, -0.2) is 44.3 Å². The van der Waals surface area contributed by atoms with Gasteiger partial charge >= 0.3 is 5.97 Å². The smallest absolute Gasteiger partial charge is 0.303 e. The maximum atomic E-state index is 13.1. The van der Waals surface area contributed by atoms with Crippen LogP contribution in [0.3, 0.4) is 0 Å². The molecule has 2 N–H and O–H groups in total. The van der Waals surface area contributed by atoms with Crippen LogP contribution in [0.2, 0.25) is 0 Å². The van der Waals surface area contributed by atoms with Crippen molar-refractivity contribution in [2.24, 2.45) is 17.3 Å². The van der Waals surface area contributed by atoms with E-state index in [2.05, 4.69) is 28.1 Å². The quantitative estimate of drug-likeness (QED) is 0.706. The van der Waals surface area contributed by atoms with Gasteiger partial charge in [0.05, 0.1) is 28.1 Å². The van der Waals surface area contributed by atoms with E-state index < -0.39 is 5.97 Å². The molecule has 0 radical (unpaired) electrons. The molecule has 0 saturated heterocycles. The summed E-state index contributed by atoms with van der Waals surface area (Å²) < 4.78 is 2.23. The first-order valence-electron chi connectivity index (χ1n) is 11.0. The molecule has 158 valence electrons. The van der Waals surface area contributed by atoms with Crippen LogP contribution < -0.4 is 5.32 Å². The van der Waals surface area contributed by atoms with Gasteiger partial charge in [0.1, 0.15) is 0 Å². The van der Waals surface area contributed by atoms with E-state index in [1.54, 1.807) is 0 Å². The van der Waals surface area contributed by atoms with Gasteiger partial charge in [-0.05, 0) is 75.9 Å². The summed E-state index contributed by atoms with van der Waals surface area (Å²) in [5.41, 5.74) is 0.900.